The zero-order chi connectivity index (χ0) is 16.0. The maximum Gasteiger partial charge on any atom is 0.0205 e. The van der Waals surface area contributed by atoms with Crippen LogP contribution < -0.4 is 10.6 Å². The monoisotopic (exact) mass is 310 g/mol. The van der Waals surface area contributed by atoms with Crippen LogP contribution in [0.25, 0.3) is 0 Å². The number of nitrogens with one attached hydrogen (secondary N) is 2. The van der Waals surface area contributed by atoms with Gasteiger partial charge in [0.05, 0.1) is 0 Å². The standard InChI is InChI=1S/C21H30N2/c1(2-10-16-22-18-20-12-6-4-7-13-20)3-11-17-23-19-21-14-8-5-9-15-21/h4-9,12-15,22-23H,1-3,10-11,16-19H2. The van der Waals surface area contributed by atoms with Crippen molar-refractivity contribution < 1.29 is 0 Å². The Labute approximate surface area is 141 Å². The van der Waals surface area contributed by atoms with Crippen LogP contribution in [0.1, 0.15) is 43.2 Å². The lowest BCUT2D eigenvalue weighted by molar-refractivity contribution is 0.556. The molecule has 0 bridgehead atoms. The molecule has 0 heterocycles. The lowest BCUT2D eigenvalue weighted by Gasteiger charge is -2.06. The molecule has 0 aromatic heterocycles. The SMILES string of the molecule is c1ccc(CNCCCCCCCNCc2ccccc2)cc1. The minimum atomic E-state index is 0.990. The summed E-state index contributed by atoms with van der Waals surface area (Å²) in [5, 5.41) is 7.04. The van der Waals surface area contributed by atoms with Gasteiger partial charge in [0, 0.05) is 13.1 Å². The molecule has 23 heavy (non-hydrogen) atoms. The summed E-state index contributed by atoms with van der Waals surface area (Å²) in [5.41, 5.74) is 2.74. The summed E-state index contributed by atoms with van der Waals surface area (Å²) in [7, 11) is 0. The van der Waals surface area contributed by atoms with E-state index in [1.807, 2.05) is 0 Å². The van der Waals surface area contributed by atoms with E-state index in [4.69, 9.17) is 0 Å². The van der Waals surface area contributed by atoms with Crippen LogP contribution in [0.5, 0.6) is 0 Å². The molecule has 0 spiro atoms. The maximum absolute atomic E-state index is 3.52. The van der Waals surface area contributed by atoms with Crippen LogP contribution in [0.4, 0.5) is 0 Å². The summed E-state index contributed by atoms with van der Waals surface area (Å²) >= 11 is 0. The van der Waals surface area contributed by atoms with Crippen molar-refractivity contribution in [2.45, 2.75) is 45.2 Å². The molecule has 2 heteroatoms. The molecule has 2 aromatic carbocycles. The van der Waals surface area contributed by atoms with Crippen LogP contribution in [0.3, 0.4) is 0 Å². The third kappa shape index (κ3) is 8.53. The highest BCUT2D eigenvalue weighted by Gasteiger charge is 1.94. The molecule has 2 aromatic rings. The molecule has 0 aliphatic heterocycles. The first-order chi connectivity index (χ1) is 11.4. The molecule has 2 N–H and O–H groups in total. The van der Waals surface area contributed by atoms with Crippen LogP contribution in [0.2, 0.25) is 0 Å². The van der Waals surface area contributed by atoms with Crippen molar-refractivity contribution in [3.05, 3.63) is 71.8 Å². The van der Waals surface area contributed by atoms with Gasteiger partial charge in [0.1, 0.15) is 0 Å². The Morgan fingerprint density at radius 1 is 0.478 bits per heavy atom. The van der Waals surface area contributed by atoms with Gasteiger partial charge in [-0.2, -0.15) is 0 Å². The van der Waals surface area contributed by atoms with Crippen LogP contribution >= 0.6 is 0 Å². The van der Waals surface area contributed by atoms with E-state index in [0.717, 1.165) is 26.2 Å². The molecule has 0 radical (unpaired) electrons. The first-order valence-corrected chi connectivity index (χ1v) is 8.94. The van der Waals surface area contributed by atoms with Gasteiger partial charge in [-0.25, -0.2) is 0 Å². The van der Waals surface area contributed by atoms with E-state index >= 15 is 0 Å². The van der Waals surface area contributed by atoms with E-state index in [0.29, 0.717) is 0 Å². The maximum atomic E-state index is 3.52. The number of benzene rings is 2. The Morgan fingerprint density at radius 2 is 0.870 bits per heavy atom. The minimum absolute atomic E-state index is 0.990. The van der Waals surface area contributed by atoms with E-state index in [1.54, 1.807) is 0 Å². The van der Waals surface area contributed by atoms with Crippen LogP contribution in [-0.4, -0.2) is 13.1 Å². The fourth-order valence-corrected chi connectivity index (χ4v) is 2.69. The molecule has 0 unspecified atom stereocenters. The molecule has 0 atom stereocenters. The van der Waals surface area contributed by atoms with E-state index in [-0.39, 0.29) is 0 Å². The Kier molecular flexibility index (Phi) is 9.14. The molecule has 2 rings (SSSR count). The Hall–Kier alpha value is -1.64. The third-order valence-electron chi connectivity index (χ3n) is 4.05. The molecule has 0 amide bonds. The van der Waals surface area contributed by atoms with Gasteiger partial charge in [-0.3, -0.25) is 0 Å². The van der Waals surface area contributed by atoms with Crippen LogP contribution in [0.15, 0.2) is 60.7 Å². The van der Waals surface area contributed by atoms with Gasteiger partial charge in [-0.05, 0) is 37.1 Å². The lowest BCUT2D eigenvalue weighted by atomic mass is 10.1. The summed E-state index contributed by atoms with van der Waals surface area (Å²) in [6, 6.07) is 21.2. The van der Waals surface area contributed by atoms with E-state index in [1.165, 1.54) is 43.2 Å². The van der Waals surface area contributed by atoms with Crippen molar-refractivity contribution in [1.82, 2.24) is 10.6 Å². The van der Waals surface area contributed by atoms with Crippen molar-refractivity contribution in [1.29, 1.82) is 0 Å². The molecular weight excluding hydrogens is 280 g/mol. The molecule has 124 valence electrons. The van der Waals surface area contributed by atoms with Crippen molar-refractivity contribution in [3.8, 4) is 0 Å². The Morgan fingerprint density at radius 3 is 1.30 bits per heavy atom. The molecule has 0 aliphatic rings. The topological polar surface area (TPSA) is 24.1 Å². The molecule has 2 nitrogen and oxygen atoms in total. The van der Waals surface area contributed by atoms with Crippen LogP contribution in [0, 0.1) is 0 Å². The highest BCUT2D eigenvalue weighted by Crippen LogP contribution is 2.03. The van der Waals surface area contributed by atoms with Gasteiger partial charge in [0.2, 0.25) is 0 Å². The van der Waals surface area contributed by atoms with Gasteiger partial charge >= 0.3 is 0 Å². The molecule has 0 aliphatic carbocycles. The van der Waals surface area contributed by atoms with Crippen molar-refractivity contribution >= 4 is 0 Å². The van der Waals surface area contributed by atoms with Crippen molar-refractivity contribution in [2.75, 3.05) is 13.1 Å². The second kappa shape index (κ2) is 11.9. The predicted molar refractivity (Wildman–Crippen MR) is 99.4 cm³/mol. The molecule has 0 saturated carbocycles. The van der Waals surface area contributed by atoms with Gasteiger partial charge in [-0.1, -0.05) is 79.9 Å². The van der Waals surface area contributed by atoms with E-state index in [9.17, 15) is 0 Å². The second-order valence-corrected chi connectivity index (χ2v) is 6.09. The third-order valence-corrected chi connectivity index (χ3v) is 4.05. The predicted octanol–water partition coefficient (Wildman–Crippen LogP) is 4.52. The molecule has 0 saturated heterocycles. The Balaban J connectivity index is 1.34. The first kappa shape index (κ1) is 17.7. The average Bonchev–Trinajstić information content (AvgIpc) is 2.61. The average molecular weight is 310 g/mol. The van der Waals surface area contributed by atoms with Crippen molar-refractivity contribution in [2.24, 2.45) is 0 Å². The Bertz CT molecular complexity index is 448. The minimum Gasteiger partial charge on any atom is -0.313 e. The van der Waals surface area contributed by atoms with Gasteiger partial charge in [-0.15, -0.1) is 0 Å². The van der Waals surface area contributed by atoms with Crippen molar-refractivity contribution in [3.63, 3.8) is 0 Å². The first-order valence-electron chi connectivity index (χ1n) is 8.94. The number of hydrogen-bond donors (Lipinski definition) is 2. The summed E-state index contributed by atoms with van der Waals surface area (Å²) < 4.78 is 0. The zero-order valence-corrected chi connectivity index (χ0v) is 14.1. The number of unbranched alkanes of at least 4 members (excludes halogenated alkanes) is 4. The number of rotatable bonds is 12. The fourth-order valence-electron chi connectivity index (χ4n) is 2.69. The van der Waals surface area contributed by atoms with Crippen LogP contribution in [-0.2, 0) is 13.1 Å². The van der Waals surface area contributed by atoms with E-state index < -0.39 is 0 Å². The number of hydrogen-bond acceptors (Lipinski definition) is 2. The molecular formula is C21H30N2. The highest BCUT2D eigenvalue weighted by atomic mass is 14.8. The largest absolute Gasteiger partial charge is 0.313 e. The fraction of sp³-hybridized carbons (Fsp3) is 0.429. The summed E-state index contributed by atoms with van der Waals surface area (Å²) in [4.78, 5) is 0. The van der Waals surface area contributed by atoms with Gasteiger partial charge < -0.3 is 10.6 Å². The summed E-state index contributed by atoms with van der Waals surface area (Å²) in [6.45, 7) is 4.23. The quantitative estimate of drug-likeness (QED) is 0.563. The smallest absolute Gasteiger partial charge is 0.0205 e. The second-order valence-electron chi connectivity index (χ2n) is 6.09. The summed E-state index contributed by atoms with van der Waals surface area (Å²) in [5.74, 6) is 0. The summed E-state index contributed by atoms with van der Waals surface area (Å²) in [6.07, 6.45) is 6.58. The van der Waals surface area contributed by atoms with Gasteiger partial charge in [0.15, 0.2) is 0 Å². The molecule has 0 fully saturated rings. The normalized spacial score (nSPS) is 10.8. The highest BCUT2D eigenvalue weighted by molar-refractivity contribution is 5.14. The van der Waals surface area contributed by atoms with E-state index in [2.05, 4.69) is 71.3 Å². The zero-order valence-electron chi connectivity index (χ0n) is 14.1. The lowest BCUT2D eigenvalue weighted by Crippen LogP contribution is -2.15. The van der Waals surface area contributed by atoms with Gasteiger partial charge in [0.25, 0.3) is 0 Å².